The first-order valence-corrected chi connectivity index (χ1v) is 13.4. The van der Waals surface area contributed by atoms with Crippen molar-refractivity contribution >= 4 is 54.1 Å². The molecular formula is C38H22N2. The number of rotatable bonds is 1. The zero-order valence-corrected chi connectivity index (χ0v) is 21.6. The van der Waals surface area contributed by atoms with Gasteiger partial charge >= 0.3 is 0 Å². The predicted molar refractivity (Wildman–Crippen MR) is 167 cm³/mol. The Hall–Kier alpha value is -5.52. The predicted octanol–water partition coefficient (Wildman–Crippen LogP) is 9.31. The molecule has 2 nitrogen and oxygen atoms in total. The lowest BCUT2D eigenvalue weighted by molar-refractivity contribution is 1.34. The zero-order valence-electron chi connectivity index (χ0n) is 21.6. The van der Waals surface area contributed by atoms with E-state index in [0.717, 1.165) is 33.1 Å². The summed E-state index contributed by atoms with van der Waals surface area (Å²) in [5.41, 5.74) is 5.86. The number of hydrogen-bond acceptors (Lipinski definition) is 2. The number of nitrogens with zero attached hydrogens (tertiary/aromatic N) is 2. The van der Waals surface area contributed by atoms with E-state index in [0.29, 0.717) is 0 Å². The van der Waals surface area contributed by atoms with Gasteiger partial charge in [-0.05, 0) is 85.8 Å². The quantitative estimate of drug-likeness (QED) is 0.164. The van der Waals surface area contributed by atoms with E-state index in [1.54, 1.807) is 0 Å². The molecule has 0 aliphatic heterocycles. The van der Waals surface area contributed by atoms with Crippen molar-refractivity contribution in [3.63, 3.8) is 0 Å². The van der Waals surface area contributed by atoms with Crippen molar-refractivity contribution in [3.8, 4) is 23.0 Å². The molecule has 8 rings (SSSR count). The van der Waals surface area contributed by atoms with Gasteiger partial charge in [0.25, 0.3) is 0 Å². The molecule has 0 atom stereocenters. The molecule has 6 aromatic carbocycles. The molecule has 0 fully saturated rings. The van der Waals surface area contributed by atoms with Crippen LogP contribution in [0.4, 0.5) is 0 Å². The van der Waals surface area contributed by atoms with Gasteiger partial charge in [0.2, 0.25) is 0 Å². The molecule has 184 valence electrons. The van der Waals surface area contributed by atoms with E-state index in [-0.39, 0.29) is 0 Å². The maximum Gasteiger partial charge on any atom is 0.114 e. The minimum atomic E-state index is 0.739. The van der Waals surface area contributed by atoms with E-state index < -0.39 is 0 Å². The molecule has 0 unspecified atom stereocenters. The number of fused-ring (bicyclic) bond motifs is 9. The van der Waals surface area contributed by atoms with Crippen molar-refractivity contribution in [3.05, 3.63) is 145 Å². The molecule has 0 aliphatic rings. The molecule has 2 heterocycles. The molecule has 2 aromatic heterocycles. The lowest BCUT2D eigenvalue weighted by Crippen LogP contribution is -1.88. The molecule has 8 aromatic rings. The average molecular weight is 507 g/mol. The van der Waals surface area contributed by atoms with Crippen molar-refractivity contribution in [2.75, 3.05) is 0 Å². The first-order chi connectivity index (χ1) is 19.8. The van der Waals surface area contributed by atoms with Crippen LogP contribution in [0.15, 0.2) is 134 Å². The number of aromatic nitrogens is 2. The highest BCUT2D eigenvalue weighted by Gasteiger charge is 2.09. The maximum atomic E-state index is 4.82. The van der Waals surface area contributed by atoms with Gasteiger partial charge in [-0.1, -0.05) is 96.9 Å². The van der Waals surface area contributed by atoms with E-state index in [1.165, 1.54) is 43.4 Å². The summed E-state index contributed by atoms with van der Waals surface area (Å²) in [7, 11) is 0. The highest BCUT2D eigenvalue weighted by Crippen LogP contribution is 2.37. The number of benzene rings is 6. The lowest BCUT2D eigenvalue weighted by atomic mass is 9.92. The summed E-state index contributed by atoms with van der Waals surface area (Å²) in [6.07, 6.45) is 1.81. The van der Waals surface area contributed by atoms with Crippen molar-refractivity contribution in [1.29, 1.82) is 0 Å². The normalized spacial score (nSPS) is 11.3. The maximum absolute atomic E-state index is 4.82. The van der Waals surface area contributed by atoms with Gasteiger partial charge in [-0.3, -0.25) is 4.98 Å². The Morgan fingerprint density at radius 2 is 1.02 bits per heavy atom. The van der Waals surface area contributed by atoms with Gasteiger partial charge in [-0.25, -0.2) is 4.98 Å². The summed E-state index contributed by atoms with van der Waals surface area (Å²) >= 11 is 0. The Morgan fingerprint density at radius 1 is 0.425 bits per heavy atom. The summed E-state index contributed by atoms with van der Waals surface area (Å²) in [6, 6.07) is 44.9. The van der Waals surface area contributed by atoms with Gasteiger partial charge in [0, 0.05) is 22.5 Å². The van der Waals surface area contributed by atoms with Crippen LogP contribution >= 0.6 is 0 Å². The Balaban J connectivity index is 1.16. The Labute approximate surface area is 231 Å². The van der Waals surface area contributed by atoms with Crippen molar-refractivity contribution in [2.45, 2.75) is 0 Å². The number of pyridine rings is 2. The third kappa shape index (κ3) is 3.68. The first kappa shape index (κ1) is 22.5. The molecule has 0 saturated carbocycles. The fourth-order valence-electron chi connectivity index (χ4n) is 5.76. The fourth-order valence-corrected chi connectivity index (χ4v) is 5.76. The van der Waals surface area contributed by atoms with Crippen LogP contribution in [0.2, 0.25) is 0 Å². The molecule has 40 heavy (non-hydrogen) atoms. The fraction of sp³-hybridized carbons (Fsp3) is 0. The summed E-state index contributed by atoms with van der Waals surface area (Å²) in [6.45, 7) is 0. The largest absolute Gasteiger partial charge is 0.254 e. The Kier molecular flexibility index (Phi) is 5.08. The van der Waals surface area contributed by atoms with Crippen molar-refractivity contribution in [2.24, 2.45) is 0 Å². The van der Waals surface area contributed by atoms with Crippen LogP contribution in [0.25, 0.3) is 65.3 Å². The third-order valence-corrected chi connectivity index (χ3v) is 7.73. The summed E-state index contributed by atoms with van der Waals surface area (Å²) in [5, 5.41) is 9.87. The molecule has 0 N–H and O–H groups in total. The molecule has 0 radical (unpaired) electrons. The molecule has 0 aliphatic carbocycles. The van der Waals surface area contributed by atoms with Crippen LogP contribution in [-0.4, -0.2) is 9.97 Å². The molecule has 0 spiro atoms. The zero-order chi connectivity index (χ0) is 26.5. The lowest BCUT2D eigenvalue weighted by Gasteiger charge is -2.12. The average Bonchev–Trinajstić information content (AvgIpc) is 3.04. The van der Waals surface area contributed by atoms with Gasteiger partial charge in [-0.2, -0.15) is 0 Å². The van der Waals surface area contributed by atoms with Gasteiger partial charge in [0.05, 0.1) is 11.0 Å². The highest BCUT2D eigenvalue weighted by atomic mass is 14.7. The molecule has 0 bridgehead atoms. The van der Waals surface area contributed by atoms with E-state index in [1.807, 2.05) is 18.3 Å². The van der Waals surface area contributed by atoms with Crippen molar-refractivity contribution in [1.82, 2.24) is 9.97 Å². The van der Waals surface area contributed by atoms with Crippen LogP contribution in [0, 0.1) is 11.8 Å². The SMILES string of the molecule is C(#Cc1ccc2ccc3cccnc3c2n1)c1ccc(-c2ccc3c4ccccc4c4ccccc4c3c2)cc1. The van der Waals surface area contributed by atoms with E-state index in [4.69, 9.17) is 4.98 Å². The molecular weight excluding hydrogens is 484 g/mol. The second kappa shape index (κ2) is 9.05. The van der Waals surface area contributed by atoms with Crippen LogP contribution in [0.1, 0.15) is 11.3 Å². The monoisotopic (exact) mass is 506 g/mol. The summed E-state index contributed by atoms with van der Waals surface area (Å²) < 4.78 is 0. The smallest absolute Gasteiger partial charge is 0.114 e. The van der Waals surface area contributed by atoms with Crippen LogP contribution in [-0.2, 0) is 0 Å². The second-order valence-electron chi connectivity index (χ2n) is 10.1. The minimum Gasteiger partial charge on any atom is -0.254 e. The number of hydrogen-bond donors (Lipinski definition) is 0. The topological polar surface area (TPSA) is 25.8 Å². The van der Waals surface area contributed by atoms with Gasteiger partial charge < -0.3 is 0 Å². The van der Waals surface area contributed by atoms with Crippen LogP contribution in [0.3, 0.4) is 0 Å². The van der Waals surface area contributed by atoms with E-state index in [9.17, 15) is 0 Å². The van der Waals surface area contributed by atoms with Crippen LogP contribution < -0.4 is 0 Å². The molecule has 0 amide bonds. The highest BCUT2D eigenvalue weighted by molar-refractivity contribution is 6.25. The summed E-state index contributed by atoms with van der Waals surface area (Å²) in [4.78, 5) is 9.37. The standard InChI is InChI=1S/C38H22N2/c1-2-9-33-31(7-1)32-8-3-4-10-34(32)36-24-29(19-22-35(33)36)26-14-11-25(12-15-26)13-20-30-21-18-28-17-16-27-6-5-23-39-37(27)38(28)40-30/h1-12,14-19,21-24H. The Morgan fingerprint density at radius 3 is 1.75 bits per heavy atom. The third-order valence-electron chi connectivity index (χ3n) is 7.73. The summed E-state index contributed by atoms with van der Waals surface area (Å²) in [5.74, 6) is 6.54. The van der Waals surface area contributed by atoms with E-state index in [2.05, 4.69) is 132 Å². The van der Waals surface area contributed by atoms with E-state index >= 15 is 0 Å². The minimum absolute atomic E-state index is 0.739. The van der Waals surface area contributed by atoms with Gasteiger partial charge in [0.15, 0.2) is 0 Å². The first-order valence-electron chi connectivity index (χ1n) is 13.4. The molecule has 2 heteroatoms. The van der Waals surface area contributed by atoms with Crippen LogP contribution in [0.5, 0.6) is 0 Å². The molecule has 0 saturated heterocycles. The Bertz CT molecular complexity index is 2290. The van der Waals surface area contributed by atoms with Gasteiger partial charge in [-0.15, -0.1) is 0 Å². The van der Waals surface area contributed by atoms with Gasteiger partial charge in [0.1, 0.15) is 5.69 Å². The second-order valence-corrected chi connectivity index (χ2v) is 10.1. The van der Waals surface area contributed by atoms with Crippen molar-refractivity contribution < 1.29 is 0 Å².